The molecule has 0 spiro atoms. The van der Waals surface area contributed by atoms with E-state index in [4.69, 9.17) is 9.72 Å². The van der Waals surface area contributed by atoms with Crippen LogP contribution in [0.25, 0.3) is 0 Å². The third-order valence-corrected chi connectivity index (χ3v) is 5.14. The SMILES string of the molecule is COc1ccc(N2CCN(c3nccc(Nc4cc(C)cc(C)c4)n3)CC2)cc1. The highest BCUT2D eigenvalue weighted by molar-refractivity contribution is 5.59. The van der Waals surface area contributed by atoms with Gasteiger partial charge in [0.05, 0.1) is 7.11 Å². The second-order valence-corrected chi connectivity index (χ2v) is 7.42. The van der Waals surface area contributed by atoms with Crippen molar-refractivity contribution in [2.45, 2.75) is 13.8 Å². The van der Waals surface area contributed by atoms with Crippen LogP contribution in [0.15, 0.2) is 54.7 Å². The number of anilines is 4. The molecule has 1 N–H and O–H groups in total. The van der Waals surface area contributed by atoms with E-state index in [0.29, 0.717) is 0 Å². The number of benzene rings is 2. The normalized spacial score (nSPS) is 14.0. The van der Waals surface area contributed by atoms with Crippen molar-refractivity contribution in [2.75, 3.05) is 48.4 Å². The lowest BCUT2D eigenvalue weighted by atomic mass is 10.1. The maximum atomic E-state index is 5.25. The fraction of sp³-hybridized carbons (Fsp3) is 0.304. The van der Waals surface area contributed by atoms with Gasteiger partial charge < -0.3 is 19.9 Å². The number of aryl methyl sites for hydroxylation is 2. The fourth-order valence-electron chi connectivity index (χ4n) is 3.72. The highest BCUT2D eigenvalue weighted by Crippen LogP contribution is 2.23. The predicted octanol–water partition coefficient (Wildman–Crippen LogP) is 4.17. The highest BCUT2D eigenvalue weighted by atomic mass is 16.5. The molecule has 1 fully saturated rings. The third kappa shape index (κ3) is 4.59. The number of nitrogens with one attached hydrogen (secondary N) is 1. The second-order valence-electron chi connectivity index (χ2n) is 7.42. The van der Waals surface area contributed by atoms with E-state index >= 15 is 0 Å². The van der Waals surface area contributed by atoms with Crippen molar-refractivity contribution in [2.24, 2.45) is 0 Å². The monoisotopic (exact) mass is 389 g/mol. The van der Waals surface area contributed by atoms with Crippen molar-refractivity contribution in [3.8, 4) is 5.75 Å². The summed E-state index contributed by atoms with van der Waals surface area (Å²) in [6, 6.07) is 16.6. The maximum absolute atomic E-state index is 5.25. The lowest BCUT2D eigenvalue weighted by Crippen LogP contribution is -2.47. The molecule has 0 radical (unpaired) electrons. The number of piperazine rings is 1. The number of hydrogen-bond acceptors (Lipinski definition) is 6. The number of rotatable bonds is 5. The molecule has 29 heavy (non-hydrogen) atoms. The van der Waals surface area contributed by atoms with Gasteiger partial charge in [-0.15, -0.1) is 0 Å². The number of ether oxygens (including phenoxy) is 1. The molecule has 1 aliphatic rings. The van der Waals surface area contributed by atoms with E-state index in [1.807, 2.05) is 24.4 Å². The summed E-state index contributed by atoms with van der Waals surface area (Å²) in [4.78, 5) is 13.9. The molecule has 2 heterocycles. The van der Waals surface area contributed by atoms with Gasteiger partial charge in [-0.2, -0.15) is 4.98 Å². The standard InChI is InChI=1S/C23H27N5O/c1-17-14-18(2)16-19(15-17)25-22-8-9-24-23(26-22)28-12-10-27(11-13-28)20-4-6-21(29-3)7-5-20/h4-9,14-16H,10-13H2,1-3H3,(H,24,25,26). The van der Waals surface area contributed by atoms with Crippen molar-refractivity contribution in [3.63, 3.8) is 0 Å². The van der Waals surface area contributed by atoms with Gasteiger partial charge in [0.1, 0.15) is 11.6 Å². The van der Waals surface area contributed by atoms with E-state index in [2.05, 4.69) is 64.3 Å². The van der Waals surface area contributed by atoms with E-state index in [9.17, 15) is 0 Å². The number of aromatic nitrogens is 2. The first-order valence-electron chi connectivity index (χ1n) is 9.93. The highest BCUT2D eigenvalue weighted by Gasteiger charge is 2.19. The summed E-state index contributed by atoms with van der Waals surface area (Å²) < 4.78 is 5.25. The smallest absolute Gasteiger partial charge is 0.227 e. The van der Waals surface area contributed by atoms with Gasteiger partial charge >= 0.3 is 0 Å². The Balaban J connectivity index is 1.41. The van der Waals surface area contributed by atoms with Gasteiger partial charge in [0.15, 0.2) is 0 Å². The molecule has 3 aromatic rings. The molecule has 0 amide bonds. The molecule has 0 aliphatic carbocycles. The van der Waals surface area contributed by atoms with E-state index in [1.165, 1.54) is 16.8 Å². The van der Waals surface area contributed by atoms with Gasteiger partial charge in [-0.25, -0.2) is 4.98 Å². The summed E-state index contributed by atoms with van der Waals surface area (Å²) in [5.74, 6) is 2.47. The Hall–Kier alpha value is -3.28. The minimum atomic E-state index is 0.772. The Kier molecular flexibility index (Phi) is 5.51. The van der Waals surface area contributed by atoms with E-state index in [0.717, 1.165) is 49.4 Å². The Labute approximate surface area is 172 Å². The summed E-state index contributed by atoms with van der Waals surface area (Å²) >= 11 is 0. The summed E-state index contributed by atoms with van der Waals surface area (Å²) in [6.45, 7) is 7.85. The first kappa shape index (κ1) is 19.1. The molecule has 0 saturated carbocycles. The molecule has 1 saturated heterocycles. The summed E-state index contributed by atoms with van der Waals surface area (Å²) in [5.41, 5.74) is 4.74. The molecule has 0 atom stereocenters. The zero-order chi connectivity index (χ0) is 20.2. The average Bonchev–Trinajstić information content (AvgIpc) is 2.73. The Bertz CT molecular complexity index is 945. The van der Waals surface area contributed by atoms with Crippen molar-refractivity contribution >= 4 is 23.1 Å². The number of hydrogen-bond donors (Lipinski definition) is 1. The minimum Gasteiger partial charge on any atom is -0.497 e. The second kappa shape index (κ2) is 8.39. The van der Waals surface area contributed by atoms with Crippen LogP contribution in [0.1, 0.15) is 11.1 Å². The van der Waals surface area contributed by atoms with Crippen LogP contribution < -0.4 is 19.9 Å². The van der Waals surface area contributed by atoms with Gasteiger partial charge in [0.2, 0.25) is 5.95 Å². The van der Waals surface area contributed by atoms with E-state index < -0.39 is 0 Å². The molecule has 4 rings (SSSR count). The molecule has 1 aliphatic heterocycles. The Morgan fingerprint density at radius 1 is 0.862 bits per heavy atom. The maximum Gasteiger partial charge on any atom is 0.227 e. The fourth-order valence-corrected chi connectivity index (χ4v) is 3.72. The topological polar surface area (TPSA) is 53.5 Å². The molecule has 0 unspecified atom stereocenters. The van der Waals surface area contributed by atoms with Gasteiger partial charge in [0, 0.05) is 43.8 Å². The summed E-state index contributed by atoms with van der Waals surface area (Å²) in [5, 5.41) is 3.41. The van der Waals surface area contributed by atoms with Gasteiger partial charge in [0.25, 0.3) is 0 Å². The van der Waals surface area contributed by atoms with E-state index in [1.54, 1.807) is 7.11 Å². The molecular weight excluding hydrogens is 362 g/mol. The van der Waals surface area contributed by atoms with Crippen molar-refractivity contribution in [3.05, 3.63) is 65.9 Å². The lowest BCUT2D eigenvalue weighted by Gasteiger charge is -2.36. The molecule has 1 aromatic heterocycles. The van der Waals surface area contributed by atoms with Crippen molar-refractivity contribution in [1.82, 2.24) is 9.97 Å². The number of nitrogens with zero attached hydrogens (tertiary/aromatic N) is 4. The van der Waals surface area contributed by atoms with Crippen molar-refractivity contribution in [1.29, 1.82) is 0 Å². The molecule has 150 valence electrons. The molecular formula is C23H27N5O. The predicted molar refractivity (Wildman–Crippen MR) is 119 cm³/mol. The Morgan fingerprint density at radius 2 is 1.52 bits per heavy atom. The van der Waals surface area contributed by atoms with Crippen LogP contribution in [0, 0.1) is 13.8 Å². The van der Waals surface area contributed by atoms with Crippen molar-refractivity contribution < 1.29 is 4.74 Å². The third-order valence-electron chi connectivity index (χ3n) is 5.14. The van der Waals surface area contributed by atoms with Crippen LogP contribution in [0.4, 0.5) is 23.1 Å². The van der Waals surface area contributed by atoms with Crippen LogP contribution in [-0.2, 0) is 0 Å². The first-order chi connectivity index (χ1) is 14.1. The largest absolute Gasteiger partial charge is 0.497 e. The molecule has 6 heteroatoms. The molecule has 0 bridgehead atoms. The van der Waals surface area contributed by atoms with Crippen LogP contribution in [0.2, 0.25) is 0 Å². The molecule has 6 nitrogen and oxygen atoms in total. The minimum absolute atomic E-state index is 0.772. The van der Waals surface area contributed by atoms with Crippen LogP contribution in [0.5, 0.6) is 5.75 Å². The van der Waals surface area contributed by atoms with Crippen LogP contribution in [-0.4, -0.2) is 43.3 Å². The zero-order valence-corrected chi connectivity index (χ0v) is 17.2. The number of methoxy groups -OCH3 is 1. The zero-order valence-electron chi connectivity index (χ0n) is 17.2. The van der Waals surface area contributed by atoms with E-state index in [-0.39, 0.29) is 0 Å². The van der Waals surface area contributed by atoms with Gasteiger partial charge in [-0.05, 0) is 67.4 Å². The molecule has 2 aromatic carbocycles. The first-order valence-corrected chi connectivity index (χ1v) is 9.93. The van der Waals surface area contributed by atoms with Crippen LogP contribution in [0.3, 0.4) is 0 Å². The van der Waals surface area contributed by atoms with Gasteiger partial charge in [-0.1, -0.05) is 6.07 Å². The van der Waals surface area contributed by atoms with Crippen LogP contribution >= 0.6 is 0 Å². The summed E-state index contributed by atoms with van der Waals surface area (Å²) in [6.07, 6.45) is 1.82. The Morgan fingerprint density at radius 3 is 2.17 bits per heavy atom. The van der Waals surface area contributed by atoms with Gasteiger partial charge in [-0.3, -0.25) is 0 Å². The quantitative estimate of drug-likeness (QED) is 0.707. The summed E-state index contributed by atoms with van der Waals surface area (Å²) in [7, 11) is 1.69. The lowest BCUT2D eigenvalue weighted by molar-refractivity contribution is 0.415. The average molecular weight is 390 g/mol.